The summed E-state index contributed by atoms with van der Waals surface area (Å²) in [5.41, 5.74) is 0.497. The van der Waals surface area contributed by atoms with Gasteiger partial charge in [-0.1, -0.05) is 13.8 Å². The first-order chi connectivity index (χ1) is 6.55. The van der Waals surface area contributed by atoms with Crippen molar-refractivity contribution in [1.82, 2.24) is 10.2 Å². The fraction of sp³-hybridized carbons (Fsp3) is 0.909. The van der Waals surface area contributed by atoms with Crippen LogP contribution in [0.5, 0.6) is 0 Å². The molecule has 0 radical (unpaired) electrons. The van der Waals surface area contributed by atoms with Crippen LogP contribution in [-0.2, 0) is 0 Å². The minimum absolute atomic E-state index is 0.497. The monoisotopic (exact) mass is 214 g/mol. The van der Waals surface area contributed by atoms with Crippen LogP contribution in [-0.4, -0.2) is 29.6 Å². The lowest BCUT2D eigenvalue weighted by atomic mass is 9.85. The number of rotatable bonds is 1. The molecule has 1 aliphatic heterocycles. The molecule has 82 valence electrons. The van der Waals surface area contributed by atoms with Gasteiger partial charge in [0.15, 0.2) is 5.11 Å². The Bertz CT molecular complexity index is 201. The van der Waals surface area contributed by atoms with Gasteiger partial charge in [0.2, 0.25) is 0 Å². The van der Waals surface area contributed by atoms with Gasteiger partial charge in [-0.05, 0) is 43.8 Å². The van der Waals surface area contributed by atoms with Crippen molar-refractivity contribution in [1.29, 1.82) is 0 Å². The highest BCUT2D eigenvalue weighted by Gasteiger charge is 2.23. The Morgan fingerprint density at radius 1 is 1.36 bits per heavy atom. The van der Waals surface area contributed by atoms with Crippen LogP contribution < -0.4 is 5.32 Å². The van der Waals surface area contributed by atoms with Gasteiger partial charge < -0.3 is 10.2 Å². The average molecular weight is 214 g/mol. The Morgan fingerprint density at radius 2 is 2.07 bits per heavy atom. The highest BCUT2D eigenvalue weighted by atomic mass is 32.1. The summed E-state index contributed by atoms with van der Waals surface area (Å²) in [4.78, 5) is 2.31. The maximum Gasteiger partial charge on any atom is 0.168 e. The van der Waals surface area contributed by atoms with E-state index in [1.165, 1.54) is 19.3 Å². The Balaban J connectivity index is 2.45. The molecule has 0 amide bonds. The van der Waals surface area contributed by atoms with Crippen molar-refractivity contribution >= 4 is 17.3 Å². The van der Waals surface area contributed by atoms with E-state index in [1.54, 1.807) is 0 Å². The maximum atomic E-state index is 5.32. The van der Waals surface area contributed by atoms with E-state index in [4.69, 9.17) is 12.2 Å². The summed E-state index contributed by atoms with van der Waals surface area (Å²) < 4.78 is 0. The van der Waals surface area contributed by atoms with Gasteiger partial charge in [-0.25, -0.2) is 0 Å². The van der Waals surface area contributed by atoms with Crippen molar-refractivity contribution < 1.29 is 0 Å². The molecule has 0 aromatic carbocycles. The predicted octanol–water partition coefficient (Wildman–Crippen LogP) is 2.39. The number of hydrogen-bond donors (Lipinski definition) is 1. The Kier molecular flexibility index (Phi) is 4.17. The SMILES string of the molecule is CCNC(=S)N1CCCC(C)(C)CC1. The van der Waals surface area contributed by atoms with Gasteiger partial charge in [0.05, 0.1) is 0 Å². The molecule has 0 aromatic rings. The largest absolute Gasteiger partial charge is 0.363 e. The zero-order valence-electron chi connectivity index (χ0n) is 9.60. The van der Waals surface area contributed by atoms with E-state index in [0.29, 0.717) is 5.41 Å². The van der Waals surface area contributed by atoms with Crippen molar-refractivity contribution in [3.8, 4) is 0 Å². The van der Waals surface area contributed by atoms with Gasteiger partial charge in [0.25, 0.3) is 0 Å². The third-order valence-corrected chi connectivity index (χ3v) is 3.36. The second-order valence-electron chi connectivity index (χ2n) is 4.84. The van der Waals surface area contributed by atoms with Crippen LogP contribution in [0.3, 0.4) is 0 Å². The minimum atomic E-state index is 0.497. The molecule has 0 spiro atoms. The Morgan fingerprint density at radius 3 is 2.71 bits per heavy atom. The van der Waals surface area contributed by atoms with Crippen LogP contribution in [0.2, 0.25) is 0 Å². The zero-order chi connectivity index (χ0) is 10.6. The topological polar surface area (TPSA) is 15.3 Å². The van der Waals surface area contributed by atoms with E-state index >= 15 is 0 Å². The molecule has 0 atom stereocenters. The summed E-state index contributed by atoms with van der Waals surface area (Å²) >= 11 is 5.32. The van der Waals surface area contributed by atoms with Gasteiger partial charge in [-0.3, -0.25) is 0 Å². The molecule has 1 N–H and O–H groups in total. The van der Waals surface area contributed by atoms with Crippen LogP contribution in [0.4, 0.5) is 0 Å². The molecule has 2 nitrogen and oxygen atoms in total. The molecule has 0 saturated carbocycles. The summed E-state index contributed by atoms with van der Waals surface area (Å²) in [7, 11) is 0. The van der Waals surface area contributed by atoms with E-state index in [1.807, 2.05) is 0 Å². The van der Waals surface area contributed by atoms with Crippen LogP contribution >= 0.6 is 12.2 Å². The third-order valence-electron chi connectivity index (χ3n) is 2.96. The first kappa shape index (κ1) is 11.8. The van der Waals surface area contributed by atoms with Crippen molar-refractivity contribution in [2.24, 2.45) is 5.41 Å². The Labute approximate surface area is 93.1 Å². The first-order valence-corrected chi connectivity index (χ1v) is 5.99. The lowest BCUT2D eigenvalue weighted by molar-refractivity contribution is 0.313. The molecule has 14 heavy (non-hydrogen) atoms. The fourth-order valence-electron chi connectivity index (χ4n) is 1.89. The van der Waals surface area contributed by atoms with E-state index in [-0.39, 0.29) is 0 Å². The quantitative estimate of drug-likeness (QED) is 0.675. The molecular weight excluding hydrogens is 192 g/mol. The van der Waals surface area contributed by atoms with Gasteiger partial charge in [-0.15, -0.1) is 0 Å². The smallest absolute Gasteiger partial charge is 0.168 e. The number of nitrogens with zero attached hydrogens (tertiary/aromatic N) is 1. The van der Waals surface area contributed by atoms with Crippen molar-refractivity contribution in [3.63, 3.8) is 0 Å². The lowest BCUT2D eigenvalue weighted by Crippen LogP contribution is -2.40. The molecule has 3 heteroatoms. The number of nitrogens with one attached hydrogen (secondary N) is 1. The van der Waals surface area contributed by atoms with Gasteiger partial charge in [0.1, 0.15) is 0 Å². The number of likely N-dealkylation sites (tertiary alicyclic amines) is 1. The van der Waals surface area contributed by atoms with Gasteiger partial charge >= 0.3 is 0 Å². The molecule has 0 aliphatic carbocycles. The minimum Gasteiger partial charge on any atom is -0.363 e. The van der Waals surface area contributed by atoms with Gasteiger partial charge in [0, 0.05) is 19.6 Å². The molecule has 1 aliphatic rings. The molecule has 0 unspecified atom stereocenters. The van der Waals surface area contributed by atoms with Gasteiger partial charge in [-0.2, -0.15) is 0 Å². The second-order valence-corrected chi connectivity index (χ2v) is 5.23. The second kappa shape index (κ2) is 4.96. The normalized spacial score (nSPS) is 21.5. The van der Waals surface area contributed by atoms with Crippen LogP contribution in [0.1, 0.15) is 40.0 Å². The zero-order valence-corrected chi connectivity index (χ0v) is 10.4. The molecule has 0 aromatic heterocycles. The highest BCUT2D eigenvalue weighted by molar-refractivity contribution is 7.80. The van der Waals surface area contributed by atoms with E-state index in [0.717, 1.165) is 24.7 Å². The van der Waals surface area contributed by atoms with E-state index in [2.05, 4.69) is 31.0 Å². The van der Waals surface area contributed by atoms with Crippen LogP contribution in [0, 0.1) is 5.41 Å². The maximum absolute atomic E-state index is 5.32. The standard InChI is InChI=1S/C11H22N2S/c1-4-12-10(14)13-8-5-6-11(2,3)7-9-13/h4-9H2,1-3H3,(H,12,14). The summed E-state index contributed by atoms with van der Waals surface area (Å²) in [6, 6.07) is 0. The molecule has 1 heterocycles. The van der Waals surface area contributed by atoms with Crippen LogP contribution in [0.15, 0.2) is 0 Å². The van der Waals surface area contributed by atoms with Crippen molar-refractivity contribution in [3.05, 3.63) is 0 Å². The molecule has 1 rings (SSSR count). The van der Waals surface area contributed by atoms with E-state index in [9.17, 15) is 0 Å². The van der Waals surface area contributed by atoms with E-state index < -0.39 is 0 Å². The predicted molar refractivity (Wildman–Crippen MR) is 65.5 cm³/mol. The molecular formula is C11H22N2S. The van der Waals surface area contributed by atoms with Crippen LogP contribution in [0.25, 0.3) is 0 Å². The molecule has 1 saturated heterocycles. The first-order valence-electron chi connectivity index (χ1n) is 5.58. The average Bonchev–Trinajstić information content (AvgIpc) is 2.27. The van der Waals surface area contributed by atoms with Crippen molar-refractivity contribution in [2.45, 2.75) is 40.0 Å². The number of thiocarbonyl (C=S) groups is 1. The highest BCUT2D eigenvalue weighted by Crippen LogP contribution is 2.29. The molecule has 1 fully saturated rings. The summed E-state index contributed by atoms with van der Waals surface area (Å²) in [5, 5.41) is 4.16. The fourth-order valence-corrected chi connectivity index (χ4v) is 2.22. The summed E-state index contributed by atoms with van der Waals surface area (Å²) in [6.07, 6.45) is 3.83. The number of hydrogen-bond acceptors (Lipinski definition) is 1. The van der Waals surface area contributed by atoms with Crippen molar-refractivity contribution in [2.75, 3.05) is 19.6 Å². The third kappa shape index (κ3) is 3.45. The summed E-state index contributed by atoms with van der Waals surface area (Å²) in [6.45, 7) is 9.96. The Hall–Kier alpha value is -0.310. The lowest BCUT2D eigenvalue weighted by Gasteiger charge is -2.25. The molecule has 0 bridgehead atoms. The summed E-state index contributed by atoms with van der Waals surface area (Å²) in [5.74, 6) is 0.